The lowest BCUT2D eigenvalue weighted by Crippen LogP contribution is -2.30. The molecule has 2 rings (SSSR count). The molecule has 0 heterocycles. The Labute approximate surface area is 150 Å². The van der Waals surface area contributed by atoms with Crippen LogP contribution in [-0.2, 0) is 17.8 Å². The summed E-state index contributed by atoms with van der Waals surface area (Å²) in [6, 6.07) is 17.9. The van der Waals surface area contributed by atoms with Crippen LogP contribution in [0.25, 0.3) is 0 Å². The average molecular weight is 332 g/mol. The zero-order valence-electron chi connectivity index (χ0n) is 14.7. The largest absolute Gasteiger partial charge is 0.335 e. The third-order valence-corrected chi connectivity index (χ3v) is 4.14. The van der Waals surface area contributed by atoms with Gasteiger partial charge in [-0.3, -0.25) is 4.79 Å². The molecule has 3 nitrogen and oxygen atoms in total. The number of carbonyl (C=O) groups excluding carboxylic acids is 1. The Bertz CT molecular complexity index is 739. The van der Waals surface area contributed by atoms with E-state index < -0.39 is 0 Å². The first-order valence-electron chi connectivity index (χ1n) is 8.55. The molecule has 0 atom stereocenters. The Balaban J connectivity index is 1.89. The van der Waals surface area contributed by atoms with Gasteiger partial charge >= 0.3 is 0 Å². The lowest BCUT2D eigenvalue weighted by atomic mass is 10.1. The fraction of sp³-hybridized carbons (Fsp3) is 0.273. The summed E-state index contributed by atoms with van der Waals surface area (Å²) in [5.41, 5.74) is 4.16. The van der Waals surface area contributed by atoms with Gasteiger partial charge in [-0.2, -0.15) is 5.26 Å². The minimum Gasteiger partial charge on any atom is -0.335 e. The number of amides is 1. The minimum atomic E-state index is 0.136. The molecule has 0 aliphatic rings. The summed E-state index contributed by atoms with van der Waals surface area (Å²) in [6.45, 7) is 6.90. The summed E-state index contributed by atoms with van der Waals surface area (Å²) < 4.78 is 0. The summed E-state index contributed by atoms with van der Waals surface area (Å²) in [5.74, 6) is 0.136. The van der Waals surface area contributed by atoms with E-state index in [9.17, 15) is 4.79 Å². The second-order valence-electron chi connectivity index (χ2n) is 6.21. The molecular formula is C22H24N2O. The van der Waals surface area contributed by atoms with Crippen molar-refractivity contribution in [2.45, 2.75) is 32.7 Å². The fourth-order valence-corrected chi connectivity index (χ4v) is 2.67. The van der Waals surface area contributed by atoms with E-state index >= 15 is 0 Å². The van der Waals surface area contributed by atoms with Gasteiger partial charge in [0.15, 0.2) is 0 Å². The van der Waals surface area contributed by atoms with Crippen molar-refractivity contribution in [3.8, 4) is 6.07 Å². The molecule has 128 valence electrons. The van der Waals surface area contributed by atoms with Crippen LogP contribution in [-0.4, -0.2) is 17.4 Å². The molecule has 0 radical (unpaired) electrons. The molecule has 0 N–H and O–H groups in total. The van der Waals surface area contributed by atoms with Crippen molar-refractivity contribution in [1.82, 2.24) is 4.90 Å². The number of rotatable bonds is 8. The third-order valence-electron chi connectivity index (χ3n) is 4.14. The molecule has 0 aliphatic carbocycles. The van der Waals surface area contributed by atoms with E-state index in [2.05, 4.69) is 43.8 Å². The summed E-state index contributed by atoms with van der Waals surface area (Å²) in [7, 11) is 0. The highest BCUT2D eigenvalue weighted by molar-refractivity contribution is 5.76. The zero-order chi connectivity index (χ0) is 18.1. The Morgan fingerprint density at radius 2 is 1.76 bits per heavy atom. The van der Waals surface area contributed by atoms with Crippen LogP contribution in [0.3, 0.4) is 0 Å². The van der Waals surface area contributed by atoms with Crippen LogP contribution in [0.5, 0.6) is 0 Å². The Kier molecular flexibility index (Phi) is 6.98. The molecule has 0 unspecified atom stereocenters. The summed E-state index contributed by atoms with van der Waals surface area (Å²) >= 11 is 0. The summed E-state index contributed by atoms with van der Waals surface area (Å²) in [4.78, 5) is 14.3. The van der Waals surface area contributed by atoms with Crippen LogP contribution >= 0.6 is 0 Å². The van der Waals surface area contributed by atoms with Crippen molar-refractivity contribution in [3.63, 3.8) is 0 Å². The SMILES string of the molecule is C=CCN(Cc1ccc(C#N)cc1)C(=O)CCCc1ccc(C)cc1. The van der Waals surface area contributed by atoms with Crippen LogP contribution < -0.4 is 0 Å². The number of hydrogen-bond donors (Lipinski definition) is 0. The zero-order valence-corrected chi connectivity index (χ0v) is 14.7. The van der Waals surface area contributed by atoms with Gasteiger partial charge in [0, 0.05) is 19.5 Å². The van der Waals surface area contributed by atoms with Gasteiger partial charge in [0.05, 0.1) is 11.6 Å². The molecule has 25 heavy (non-hydrogen) atoms. The first kappa shape index (κ1) is 18.5. The lowest BCUT2D eigenvalue weighted by Gasteiger charge is -2.21. The Morgan fingerprint density at radius 1 is 1.12 bits per heavy atom. The van der Waals surface area contributed by atoms with Crippen LogP contribution in [0.2, 0.25) is 0 Å². The van der Waals surface area contributed by atoms with Crippen molar-refractivity contribution in [3.05, 3.63) is 83.4 Å². The van der Waals surface area contributed by atoms with E-state index in [1.807, 2.05) is 17.0 Å². The normalized spacial score (nSPS) is 10.1. The quantitative estimate of drug-likeness (QED) is 0.672. The van der Waals surface area contributed by atoms with Gasteiger partial charge in [0.25, 0.3) is 0 Å². The Hall–Kier alpha value is -2.86. The topological polar surface area (TPSA) is 44.1 Å². The molecular weight excluding hydrogens is 308 g/mol. The molecule has 3 heteroatoms. The number of carbonyl (C=O) groups is 1. The maximum atomic E-state index is 12.5. The van der Waals surface area contributed by atoms with Gasteiger partial charge in [-0.05, 0) is 43.0 Å². The number of hydrogen-bond acceptors (Lipinski definition) is 2. The van der Waals surface area contributed by atoms with Gasteiger partial charge in [-0.15, -0.1) is 6.58 Å². The van der Waals surface area contributed by atoms with Crippen LogP contribution in [0, 0.1) is 18.3 Å². The van der Waals surface area contributed by atoms with Crippen molar-refractivity contribution in [2.75, 3.05) is 6.54 Å². The molecule has 1 amide bonds. The predicted octanol–water partition coefficient (Wildman–Crippen LogP) is 4.40. The van der Waals surface area contributed by atoms with E-state index in [4.69, 9.17) is 5.26 Å². The van der Waals surface area contributed by atoms with Gasteiger partial charge < -0.3 is 4.90 Å². The number of nitrogens with zero attached hydrogens (tertiary/aromatic N) is 2. The molecule has 2 aromatic carbocycles. The van der Waals surface area contributed by atoms with Gasteiger partial charge in [-0.25, -0.2) is 0 Å². The van der Waals surface area contributed by atoms with E-state index in [0.717, 1.165) is 18.4 Å². The first-order chi connectivity index (χ1) is 12.1. The van der Waals surface area contributed by atoms with Crippen molar-refractivity contribution >= 4 is 5.91 Å². The van der Waals surface area contributed by atoms with Gasteiger partial charge in [0.1, 0.15) is 0 Å². The van der Waals surface area contributed by atoms with E-state index in [-0.39, 0.29) is 5.91 Å². The highest BCUT2D eigenvalue weighted by atomic mass is 16.2. The van der Waals surface area contributed by atoms with E-state index in [0.29, 0.717) is 25.1 Å². The van der Waals surface area contributed by atoms with Crippen molar-refractivity contribution in [1.29, 1.82) is 5.26 Å². The third kappa shape index (κ3) is 5.93. The molecule has 0 fully saturated rings. The van der Waals surface area contributed by atoms with Crippen LogP contribution in [0.15, 0.2) is 61.2 Å². The van der Waals surface area contributed by atoms with Crippen molar-refractivity contribution < 1.29 is 4.79 Å². The monoisotopic (exact) mass is 332 g/mol. The molecule has 0 bridgehead atoms. The molecule has 0 saturated carbocycles. The van der Waals surface area contributed by atoms with Crippen LogP contribution in [0.1, 0.15) is 35.1 Å². The predicted molar refractivity (Wildman–Crippen MR) is 101 cm³/mol. The van der Waals surface area contributed by atoms with Crippen LogP contribution in [0.4, 0.5) is 0 Å². The maximum Gasteiger partial charge on any atom is 0.223 e. The molecule has 0 spiro atoms. The van der Waals surface area contributed by atoms with Gasteiger partial charge in [0.2, 0.25) is 5.91 Å². The number of benzene rings is 2. The van der Waals surface area contributed by atoms with E-state index in [1.165, 1.54) is 11.1 Å². The standard InChI is InChI=1S/C22H24N2O/c1-3-15-24(17-21-13-11-20(16-23)12-14-21)22(25)6-4-5-19-9-7-18(2)8-10-19/h3,7-14H,1,4-6,15,17H2,2H3. The smallest absolute Gasteiger partial charge is 0.223 e. The van der Waals surface area contributed by atoms with Crippen molar-refractivity contribution in [2.24, 2.45) is 0 Å². The Morgan fingerprint density at radius 3 is 2.36 bits per heavy atom. The molecule has 0 aliphatic heterocycles. The summed E-state index contributed by atoms with van der Waals surface area (Å²) in [5, 5.41) is 8.86. The second kappa shape index (κ2) is 9.44. The number of nitriles is 1. The lowest BCUT2D eigenvalue weighted by molar-refractivity contribution is -0.131. The molecule has 0 aromatic heterocycles. The first-order valence-corrected chi connectivity index (χ1v) is 8.55. The highest BCUT2D eigenvalue weighted by Crippen LogP contribution is 2.11. The maximum absolute atomic E-state index is 12.5. The second-order valence-corrected chi connectivity index (χ2v) is 6.21. The molecule has 2 aromatic rings. The summed E-state index contributed by atoms with van der Waals surface area (Å²) in [6.07, 6.45) is 4.02. The fourth-order valence-electron chi connectivity index (χ4n) is 2.67. The van der Waals surface area contributed by atoms with Gasteiger partial charge in [-0.1, -0.05) is 48.0 Å². The highest BCUT2D eigenvalue weighted by Gasteiger charge is 2.12. The minimum absolute atomic E-state index is 0.136. The molecule has 0 saturated heterocycles. The van der Waals surface area contributed by atoms with E-state index in [1.54, 1.807) is 18.2 Å². The average Bonchev–Trinajstić information content (AvgIpc) is 2.63. The number of aryl methyl sites for hydroxylation is 2.